The van der Waals surface area contributed by atoms with Crippen molar-refractivity contribution in [1.29, 1.82) is 0 Å². The Hall–Kier alpha value is -3.21. The van der Waals surface area contributed by atoms with Gasteiger partial charge in [-0.3, -0.25) is 9.78 Å². The number of nitrogens with one attached hydrogen (secondary N) is 1. The zero-order valence-corrected chi connectivity index (χ0v) is 19.8. The molecule has 5 heteroatoms. The number of aromatic nitrogens is 1. The van der Waals surface area contributed by atoms with Crippen molar-refractivity contribution < 1.29 is 4.79 Å². The van der Waals surface area contributed by atoms with Crippen LogP contribution in [0.1, 0.15) is 34.3 Å². The van der Waals surface area contributed by atoms with Gasteiger partial charge >= 0.3 is 0 Å². The van der Waals surface area contributed by atoms with E-state index >= 15 is 0 Å². The maximum atomic E-state index is 13.4. The number of rotatable bonds is 6. The highest BCUT2D eigenvalue weighted by atomic mass is 35.5. The predicted molar refractivity (Wildman–Crippen MR) is 138 cm³/mol. The summed E-state index contributed by atoms with van der Waals surface area (Å²) in [6.45, 7) is 1.51. The van der Waals surface area contributed by atoms with Gasteiger partial charge in [-0.1, -0.05) is 66.2 Å². The topological polar surface area (TPSA) is 45.2 Å². The fourth-order valence-corrected chi connectivity index (χ4v) is 5.12. The Labute approximate surface area is 205 Å². The van der Waals surface area contributed by atoms with Crippen LogP contribution in [-0.4, -0.2) is 34.4 Å². The average Bonchev–Trinajstić information content (AvgIpc) is 2.88. The Bertz CT molecular complexity index is 1270. The predicted octanol–water partition coefficient (Wildman–Crippen LogP) is 5.89. The molecule has 34 heavy (non-hydrogen) atoms. The van der Waals surface area contributed by atoms with Crippen LogP contribution in [-0.2, 0) is 13.0 Å². The van der Waals surface area contributed by atoms with Gasteiger partial charge in [-0.25, -0.2) is 0 Å². The second-order valence-corrected chi connectivity index (χ2v) is 9.38. The van der Waals surface area contributed by atoms with Gasteiger partial charge in [-0.2, -0.15) is 0 Å². The molecule has 2 heterocycles. The summed E-state index contributed by atoms with van der Waals surface area (Å²) in [4.78, 5) is 19.9. The molecule has 4 nitrogen and oxygen atoms in total. The Morgan fingerprint density at radius 1 is 1.00 bits per heavy atom. The van der Waals surface area contributed by atoms with Crippen LogP contribution in [0.2, 0.25) is 5.02 Å². The van der Waals surface area contributed by atoms with Gasteiger partial charge in [0.2, 0.25) is 0 Å². The van der Waals surface area contributed by atoms with Gasteiger partial charge < -0.3 is 10.2 Å². The number of benzene rings is 3. The summed E-state index contributed by atoms with van der Waals surface area (Å²) in [6.07, 6.45) is 4.54. The molecule has 1 aromatic heterocycles. The minimum Gasteiger partial charge on any atom is -0.335 e. The van der Waals surface area contributed by atoms with Gasteiger partial charge in [0.05, 0.1) is 5.52 Å². The van der Waals surface area contributed by atoms with Crippen LogP contribution in [0.4, 0.5) is 0 Å². The normalized spacial score (nSPS) is 18.2. The number of amides is 1. The van der Waals surface area contributed by atoms with E-state index in [0.717, 1.165) is 37.9 Å². The number of nitrogens with zero attached hydrogens (tertiary/aromatic N) is 2. The second kappa shape index (κ2) is 10.4. The van der Waals surface area contributed by atoms with Crippen molar-refractivity contribution in [3.63, 3.8) is 0 Å². The molecule has 1 fully saturated rings. The van der Waals surface area contributed by atoms with Crippen LogP contribution < -0.4 is 5.32 Å². The number of pyridine rings is 1. The highest BCUT2D eigenvalue weighted by Gasteiger charge is 2.32. The second-order valence-electron chi connectivity index (χ2n) is 8.94. The minimum absolute atomic E-state index is 0.0574. The molecule has 1 saturated heterocycles. The van der Waals surface area contributed by atoms with Crippen LogP contribution in [0.25, 0.3) is 10.9 Å². The van der Waals surface area contributed by atoms with E-state index < -0.39 is 0 Å². The number of halogens is 1. The van der Waals surface area contributed by atoms with Crippen molar-refractivity contribution in [2.24, 2.45) is 0 Å². The van der Waals surface area contributed by atoms with Gasteiger partial charge in [0, 0.05) is 47.3 Å². The molecule has 5 rings (SSSR count). The van der Waals surface area contributed by atoms with E-state index in [0.29, 0.717) is 16.6 Å². The van der Waals surface area contributed by atoms with Gasteiger partial charge in [0.25, 0.3) is 5.91 Å². The molecule has 3 aromatic carbocycles. The molecule has 1 amide bonds. The summed E-state index contributed by atoms with van der Waals surface area (Å²) < 4.78 is 0. The lowest BCUT2D eigenvalue weighted by Crippen LogP contribution is -2.51. The fourth-order valence-electron chi connectivity index (χ4n) is 4.93. The zero-order valence-electron chi connectivity index (χ0n) is 19.0. The van der Waals surface area contributed by atoms with E-state index in [1.165, 1.54) is 16.5 Å². The monoisotopic (exact) mass is 469 g/mol. The lowest BCUT2D eigenvalue weighted by molar-refractivity contribution is 0.0576. The van der Waals surface area contributed by atoms with E-state index in [2.05, 4.69) is 58.8 Å². The largest absolute Gasteiger partial charge is 0.335 e. The number of fused-ring (bicyclic) bond motifs is 1. The first-order chi connectivity index (χ1) is 16.7. The number of carbonyl (C=O) groups is 1. The van der Waals surface area contributed by atoms with Crippen LogP contribution >= 0.6 is 11.6 Å². The molecule has 2 atom stereocenters. The molecule has 172 valence electrons. The number of piperidine rings is 1. The Morgan fingerprint density at radius 3 is 2.68 bits per heavy atom. The number of carbonyl (C=O) groups excluding carboxylic acids is 1. The number of hydrogen-bond donors (Lipinski definition) is 1. The summed E-state index contributed by atoms with van der Waals surface area (Å²) in [6, 6.07) is 28.5. The van der Waals surface area contributed by atoms with E-state index in [-0.39, 0.29) is 11.9 Å². The van der Waals surface area contributed by atoms with Crippen molar-refractivity contribution in [2.45, 2.75) is 37.9 Å². The standard InChI is InChI=1S/C29H28ClN3O/c30-24-10-6-9-22(18-24)29(34)33-16-14-25(19-26(33)17-21-7-2-1-3-8-21)32-20-23-13-15-31-28-12-5-4-11-27(23)28/h1-13,15,18,25-26,32H,14,16-17,19-20H2. The average molecular weight is 470 g/mol. The summed E-state index contributed by atoms with van der Waals surface area (Å²) in [5.74, 6) is 0.0574. The third-order valence-electron chi connectivity index (χ3n) is 6.68. The van der Waals surface area contributed by atoms with Crippen molar-refractivity contribution in [3.8, 4) is 0 Å². The zero-order chi connectivity index (χ0) is 23.3. The van der Waals surface area contributed by atoms with Gasteiger partial charge in [0.15, 0.2) is 0 Å². The summed E-state index contributed by atoms with van der Waals surface area (Å²) in [5, 5.41) is 5.54. The van der Waals surface area contributed by atoms with Gasteiger partial charge in [-0.05, 0) is 60.7 Å². The van der Waals surface area contributed by atoms with Crippen LogP contribution in [0.15, 0.2) is 91.1 Å². The maximum Gasteiger partial charge on any atom is 0.254 e. The molecular formula is C29H28ClN3O. The number of hydrogen-bond acceptors (Lipinski definition) is 3. The van der Waals surface area contributed by atoms with Gasteiger partial charge in [-0.15, -0.1) is 0 Å². The van der Waals surface area contributed by atoms with Crippen molar-refractivity contribution in [3.05, 3.63) is 113 Å². The molecule has 0 saturated carbocycles. The molecular weight excluding hydrogens is 442 g/mol. The summed E-state index contributed by atoms with van der Waals surface area (Å²) in [5.41, 5.74) is 4.17. The highest BCUT2D eigenvalue weighted by molar-refractivity contribution is 6.30. The molecule has 0 bridgehead atoms. The lowest BCUT2D eigenvalue weighted by Gasteiger charge is -2.40. The number of likely N-dealkylation sites (tertiary alicyclic amines) is 1. The molecule has 4 aromatic rings. The summed E-state index contributed by atoms with van der Waals surface area (Å²) in [7, 11) is 0. The van der Waals surface area contributed by atoms with E-state index in [4.69, 9.17) is 11.6 Å². The van der Waals surface area contributed by atoms with Crippen LogP contribution in [0.5, 0.6) is 0 Å². The van der Waals surface area contributed by atoms with Gasteiger partial charge in [0.1, 0.15) is 0 Å². The van der Waals surface area contributed by atoms with E-state index in [1.807, 2.05) is 35.4 Å². The first-order valence-electron chi connectivity index (χ1n) is 11.8. The highest BCUT2D eigenvalue weighted by Crippen LogP contribution is 2.25. The van der Waals surface area contributed by atoms with Crippen LogP contribution in [0.3, 0.4) is 0 Å². The first kappa shape index (κ1) is 22.6. The maximum absolute atomic E-state index is 13.4. The lowest BCUT2D eigenvalue weighted by atomic mass is 9.91. The fraction of sp³-hybridized carbons (Fsp3) is 0.241. The molecule has 1 aliphatic rings. The Morgan fingerprint density at radius 2 is 1.82 bits per heavy atom. The molecule has 1 N–H and O–H groups in total. The molecule has 1 aliphatic heterocycles. The SMILES string of the molecule is O=C(c1cccc(Cl)c1)N1CCC(NCc2ccnc3ccccc23)CC1Cc1ccccc1. The third-order valence-corrected chi connectivity index (χ3v) is 6.92. The van der Waals surface area contributed by atoms with E-state index in [1.54, 1.807) is 12.1 Å². The molecule has 0 spiro atoms. The quantitative estimate of drug-likeness (QED) is 0.382. The third kappa shape index (κ3) is 5.14. The molecule has 2 unspecified atom stereocenters. The first-order valence-corrected chi connectivity index (χ1v) is 12.2. The van der Waals surface area contributed by atoms with E-state index in [9.17, 15) is 4.79 Å². The van der Waals surface area contributed by atoms with Crippen molar-refractivity contribution in [2.75, 3.05) is 6.54 Å². The molecule has 0 aliphatic carbocycles. The minimum atomic E-state index is 0.0574. The summed E-state index contributed by atoms with van der Waals surface area (Å²) >= 11 is 6.17. The Kier molecular flexibility index (Phi) is 6.89. The van der Waals surface area contributed by atoms with Crippen LogP contribution in [0, 0.1) is 0 Å². The smallest absolute Gasteiger partial charge is 0.254 e. The van der Waals surface area contributed by atoms with Crippen molar-refractivity contribution in [1.82, 2.24) is 15.2 Å². The number of para-hydroxylation sites is 1. The van der Waals surface area contributed by atoms with Crippen molar-refractivity contribution >= 4 is 28.4 Å². The molecule has 0 radical (unpaired) electrons. The Balaban J connectivity index is 1.33.